The lowest BCUT2D eigenvalue weighted by Gasteiger charge is -2.34. The smallest absolute Gasteiger partial charge is 0.234 e. The standard InChI is InChI=1S/C104H160Cl8N8O8/c1-5-9-13-17-21-25-29-33-37-41-85-89-65-91(79(47-55-115-99(123)71-107)61-77(89)45-53-113-97(121)69-105)86(42-38-34-30-26-22-18-14-10-6-2)93-67-95(83(51-59-119-103(127)75-111)63-81(93)49-57-117-101(125)73-109)88(44-40-36-32-28-24-20-16-12-8-4)96-68-94(82(50-58-118-102(126)74-110)64-84(96)52-60-120-104(128)76-112)87(43-39-35-31-27-23-19-15-11-7-3)92-66-90(85)78(46-54-114-98(122)70-106)62-80(92)48-56-116-100(124)72-108/h61-68,85-88H,5-60,69-76H2,1-4H3,(H,113,121)(H,114,122)(H,115,123)(H,116,124)(H,117,125)(H,118,126)(H,119,127)(H,120,128). The molecule has 0 radical (unpaired) electrons. The highest BCUT2D eigenvalue weighted by Gasteiger charge is 2.34. The number of alkyl halides is 8. The quantitative estimate of drug-likeness (QED) is 0.0156. The topological polar surface area (TPSA) is 233 Å². The van der Waals surface area contributed by atoms with Gasteiger partial charge in [0.1, 0.15) is 47.0 Å². The van der Waals surface area contributed by atoms with Crippen LogP contribution in [0.4, 0.5) is 0 Å². The van der Waals surface area contributed by atoms with Gasteiger partial charge < -0.3 is 42.5 Å². The van der Waals surface area contributed by atoms with Crippen molar-refractivity contribution in [1.29, 1.82) is 0 Å². The average Bonchev–Trinajstić information content (AvgIpc) is 0.742. The molecule has 1 aliphatic rings. The molecule has 8 amide bonds. The largest absolute Gasteiger partial charge is 0.355 e. The minimum absolute atomic E-state index is 0.213. The number of hydrogen-bond donors (Lipinski definition) is 8. The Morgan fingerprint density at radius 2 is 0.305 bits per heavy atom. The minimum atomic E-state index is -0.308. The third-order valence-electron chi connectivity index (χ3n) is 25.7. The predicted molar refractivity (Wildman–Crippen MR) is 540 cm³/mol. The zero-order valence-corrected chi connectivity index (χ0v) is 84.5. The zero-order valence-electron chi connectivity index (χ0n) is 78.5. The van der Waals surface area contributed by atoms with Crippen molar-refractivity contribution in [3.05, 3.63) is 138 Å². The minimum Gasteiger partial charge on any atom is -0.355 e. The van der Waals surface area contributed by atoms with Gasteiger partial charge in [-0.3, -0.25) is 38.4 Å². The first kappa shape index (κ1) is 113. The number of carbonyl (C=O) groups excluding carboxylic acids is 8. The monoisotopic (exact) mass is 1930 g/mol. The lowest BCUT2D eigenvalue weighted by Crippen LogP contribution is -2.29. The third-order valence-corrected chi connectivity index (χ3v) is 27.6. The molecule has 0 aliphatic heterocycles. The van der Waals surface area contributed by atoms with Gasteiger partial charge in [0, 0.05) is 76.0 Å². The molecule has 0 atom stereocenters. The highest BCUT2D eigenvalue weighted by Crippen LogP contribution is 2.48. The maximum absolute atomic E-state index is 13.6. The van der Waals surface area contributed by atoms with Gasteiger partial charge >= 0.3 is 0 Å². The van der Waals surface area contributed by atoms with Crippen molar-refractivity contribution in [3.63, 3.8) is 0 Å². The summed E-state index contributed by atoms with van der Waals surface area (Å²) in [7, 11) is 0. The maximum atomic E-state index is 13.6. The third kappa shape index (κ3) is 44.0. The number of fused-ring (bicyclic) bond motifs is 8. The molecule has 0 saturated heterocycles. The van der Waals surface area contributed by atoms with Crippen molar-refractivity contribution in [3.8, 4) is 0 Å². The van der Waals surface area contributed by atoms with Gasteiger partial charge in [0.15, 0.2) is 0 Å². The van der Waals surface area contributed by atoms with Gasteiger partial charge in [-0.05, 0) is 166 Å². The Bertz CT molecular complexity index is 3200. The van der Waals surface area contributed by atoms with Crippen molar-refractivity contribution in [1.82, 2.24) is 42.5 Å². The van der Waals surface area contributed by atoms with Crippen LogP contribution in [0.5, 0.6) is 0 Å². The Morgan fingerprint density at radius 3 is 0.422 bits per heavy atom. The number of rotatable bonds is 72. The Kier molecular flexibility index (Phi) is 62.6. The van der Waals surface area contributed by atoms with Crippen molar-refractivity contribution in [2.45, 2.75) is 360 Å². The lowest BCUT2D eigenvalue weighted by molar-refractivity contribution is -0.119. The molecule has 24 heteroatoms. The number of carbonyl (C=O) groups is 8. The van der Waals surface area contributed by atoms with Crippen LogP contribution in [0, 0.1) is 0 Å². The van der Waals surface area contributed by atoms with Gasteiger partial charge in [0.05, 0.1) is 0 Å². The number of halogens is 8. The summed E-state index contributed by atoms with van der Waals surface area (Å²) in [4.78, 5) is 109. The second kappa shape index (κ2) is 70.6. The van der Waals surface area contributed by atoms with E-state index in [1.165, 1.54) is 103 Å². The summed E-state index contributed by atoms with van der Waals surface area (Å²) in [5, 5.41) is 25.4. The first-order chi connectivity index (χ1) is 62.4. The molecule has 0 unspecified atom stereocenters. The van der Waals surface area contributed by atoms with Gasteiger partial charge in [-0.2, -0.15) is 0 Å². The van der Waals surface area contributed by atoms with Gasteiger partial charge in [0.25, 0.3) is 0 Å². The normalized spacial score (nSPS) is 14.2. The van der Waals surface area contributed by atoms with E-state index in [0.29, 0.717) is 51.4 Å². The van der Waals surface area contributed by atoms with E-state index in [9.17, 15) is 38.4 Å². The molecule has 8 N–H and O–H groups in total. The first-order valence-electron chi connectivity index (χ1n) is 49.6. The van der Waals surface area contributed by atoms with Gasteiger partial charge in [-0.25, -0.2) is 0 Å². The zero-order chi connectivity index (χ0) is 92.7. The van der Waals surface area contributed by atoms with Crippen LogP contribution in [0.2, 0.25) is 0 Å². The van der Waals surface area contributed by atoms with E-state index in [0.717, 1.165) is 243 Å². The van der Waals surface area contributed by atoms with E-state index in [1.54, 1.807) is 0 Å². The molecular formula is C104H160Cl8N8O8. The molecule has 0 saturated carbocycles. The Labute approximate surface area is 811 Å². The SMILES string of the molecule is CCCCCCCCCCCC1c2cc(c(CCNC(=O)CCl)cc2CCNC(=O)CCl)C(CCCCCCCCCCC)c2cc(c(CCNC(=O)CCl)cc2CCNC(=O)CCl)C(CCCCCCCCCCC)c2cc(c(CCNC(=O)CCl)cc2CCNC(=O)CCl)C(CCCCCCCCCCC)c2cc1c(CCNC(=O)CCl)cc2CCNC(=O)CCl. The molecule has 16 nitrogen and oxygen atoms in total. The van der Waals surface area contributed by atoms with Crippen LogP contribution in [-0.2, 0) is 89.7 Å². The summed E-state index contributed by atoms with van der Waals surface area (Å²) in [6, 6.07) is 19.6. The van der Waals surface area contributed by atoms with Crippen LogP contribution < -0.4 is 42.5 Å². The molecule has 128 heavy (non-hydrogen) atoms. The van der Waals surface area contributed by atoms with E-state index in [-0.39, 0.29) is 170 Å². The fraction of sp³-hybridized carbons (Fsp3) is 0.692. The van der Waals surface area contributed by atoms with Crippen LogP contribution in [0.1, 0.15) is 397 Å². The molecular weight excluding hydrogens is 1770 g/mol. The van der Waals surface area contributed by atoms with E-state index in [1.807, 2.05) is 0 Å². The molecule has 0 aromatic heterocycles. The van der Waals surface area contributed by atoms with Crippen LogP contribution in [0.3, 0.4) is 0 Å². The Morgan fingerprint density at radius 1 is 0.188 bits per heavy atom. The predicted octanol–water partition coefficient (Wildman–Crippen LogP) is 23.4. The van der Waals surface area contributed by atoms with Crippen molar-refractivity contribution < 1.29 is 38.4 Å². The van der Waals surface area contributed by atoms with Crippen LogP contribution >= 0.6 is 92.8 Å². The molecule has 8 bridgehead atoms. The summed E-state index contributed by atoms with van der Waals surface area (Å²) in [5.74, 6) is -5.23. The number of hydrogen-bond acceptors (Lipinski definition) is 8. The summed E-state index contributed by atoms with van der Waals surface area (Å²) < 4.78 is 0. The number of nitrogens with one attached hydrogen (secondary N) is 8. The van der Waals surface area contributed by atoms with Crippen LogP contribution in [0.15, 0.2) is 48.5 Å². The summed E-state index contributed by atoms with van der Waals surface area (Å²) in [6.45, 7) is 11.3. The second-order valence-corrected chi connectivity index (χ2v) is 37.7. The van der Waals surface area contributed by atoms with Crippen molar-refractivity contribution in [2.24, 2.45) is 0 Å². The van der Waals surface area contributed by atoms with E-state index in [4.69, 9.17) is 92.8 Å². The molecule has 720 valence electrons. The Hall–Kier alpha value is -5.04. The molecule has 5 rings (SSSR count). The number of unbranched alkanes of at least 4 members (excludes halogenated alkanes) is 32. The van der Waals surface area contributed by atoms with Crippen molar-refractivity contribution >= 4 is 140 Å². The number of amides is 8. The van der Waals surface area contributed by atoms with E-state index < -0.39 is 0 Å². The fourth-order valence-electron chi connectivity index (χ4n) is 18.9. The molecule has 4 aromatic rings. The summed E-state index contributed by atoms with van der Waals surface area (Å²) in [6.07, 6.45) is 46.4. The highest BCUT2D eigenvalue weighted by atomic mass is 35.5. The molecule has 4 aromatic carbocycles. The maximum Gasteiger partial charge on any atom is 0.234 e. The first-order valence-corrected chi connectivity index (χ1v) is 53.9. The molecule has 0 fully saturated rings. The fourth-order valence-corrected chi connectivity index (χ4v) is 19.6. The summed E-state index contributed by atoms with van der Waals surface area (Å²) >= 11 is 50.9. The van der Waals surface area contributed by atoms with Crippen LogP contribution in [0.25, 0.3) is 0 Å². The van der Waals surface area contributed by atoms with Gasteiger partial charge in [0.2, 0.25) is 47.3 Å². The van der Waals surface area contributed by atoms with E-state index in [2.05, 4.69) is 119 Å². The lowest BCUT2D eigenvalue weighted by atomic mass is 9.71. The average molecular weight is 1930 g/mol. The molecule has 1 aliphatic carbocycles. The van der Waals surface area contributed by atoms with E-state index >= 15 is 0 Å². The highest BCUT2D eigenvalue weighted by molar-refractivity contribution is 6.29. The van der Waals surface area contributed by atoms with Gasteiger partial charge in [-0.1, -0.05) is 307 Å². The van der Waals surface area contributed by atoms with Gasteiger partial charge in [-0.15, -0.1) is 92.8 Å². The Balaban J connectivity index is 2.31. The van der Waals surface area contributed by atoms with Crippen LogP contribution in [-0.4, -0.2) is 147 Å². The summed E-state index contributed by atoms with van der Waals surface area (Å²) in [5.41, 5.74) is 17.2. The van der Waals surface area contributed by atoms with Crippen molar-refractivity contribution in [2.75, 3.05) is 99.4 Å². The number of benzene rings is 4. The molecule has 0 spiro atoms. The second-order valence-electron chi connectivity index (χ2n) is 35.5. The molecule has 0 heterocycles.